The van der Waals surface area contributed by atoms with Crippen LogP contribution in [0, 0.1) is 0 Å². The summed E-state index contributed by atoms with van der Waals surface area (Å²) in [5.41, 5.74) is -0.776. The Bertz CT molecular complexity index is 1700. The van der Waals surface area contributed by atoms with Gasteiger partial charge in [-0.2, -0.15) is 13.2 Å². The molecule has 0 fully saturated rings. The standard InChI is InChI=1S/C37H37F3O10/c1-22(2)33(41)47-24(5)17-19-45-28-11-7-26(8-12-28)35(43)49-30-15-16-32(31(21-30)37(38,39)40)50-36(44)27-9-13-29(14-10-27)46-20-18-25(6)48-34(42)23(3)4/h7-16,21,24-25H,1,3,17-20H2,2,4-6H3. The molecular weight excluding hydrogens is 661 g/mol. The maximum atomic E-state index is 14.0. The lowest BCUT2D eigenvalue weighted by Crippen LogP contribution is -2.18. The first-order valence-electron chi connectivity index (χ1n) is 15.4. The highest BCUT2D eigenvalue weighted by Gasteiger charge is 2.36. The maximum absolute atomic E-state index is 14.0. The molecule has 0 saturated carbocycles. The predicted molar refractivity (Wildman–Crippen MR) is 175 cm³/mol. The molecule has 0 spiro atoms. The van der Waals surface area contributed by atoms with Gasteiger partial charge in [-0.1, -0.05) is 13.2 Å². The Kier molecular flexibility index (Phi) is 13.8. The third-order valence-electron chi connectivity index (χ3n) is 6.75. The number of rotatable bonds is 16. The van der Waals surface area contributed by atoms with Gasteiger partial charge in [0, 0.05) is 24.0 Å². The number of ether oxygens (including phenoxy) is 6. The van der Waals surface area contributed by atoms with E-state index in [2.05, 4.69) is 13.2 Å². The first-order chi connectivity index (χ1) is 23.5. The van der Waals surface area contributed by atoms with Crippen LogP contribution >= 0.6 is 0 Å². The van der Waals surface area contributed by atoms with Crippen LogP contribution in [-0.2, 0) is 25.2 Å². The van der Waals surface area contributed by atoms with Gasteiger partial charge in [0.05, 0.1) is 24.3 Å². The molecule has 0 saturated heterocycles. The molecule has 2 atom stereocenters. The zero-order chi connectivity index (χ0) is 37.0. The van der Waals surface area contributed by atoms with Crippen molar-refractivity contribution in [3.8, 4) is 23.0 Å². The number of halogens is 3. The Hall–Kier alpha value is -5.59. The molecule has 2 unspecified atom stereocenters. The first kappa shape index (κ1) is 38.9. The monoisotopic (exact) mass is 698 g/mol. The van der Waals surface area contributed by atoms with Crippen LogP contribution in [0.1, 0.15) is 66.8 Å². The van der Waals surface area contributed by atoms with Crippen LogP contribution in [0.25, 0.3) is 0 Å². The molecule has 266 valence electrons. The lowest BCUT2D eigenvalue weighted by atomic mass is 10.1. The molecule has 0 radical (unpaired) electrons. The molecule has 0 aromatic heterocycles. The minimum absolute atomic E-state index is 0.0401. The summed E-state index contributed by atoms with van der Waals surface area (Å²) in [6.45, 7) is 13.9. The maximum Gasteiger partial charge on any atom is 0.420 e. The van der Waals surface area contributed by atoms with Crippen molar-refractivity contribution in [2.24, 2.45) is 0 Å². The third kappa shape index (κ3) is 12.1. The fourth-order valence-corrected chi connectivity index (χ4v) is 3.95. The van der Waals surface area contributed by atoms with Gasteiger partial charge in [-0.05, 0) is 94.4 Å². The second-order valence-corrected chi connectivity index (χ2v) is 11.3. The molecule has 0 heterocycles. The zero-order valence-corrected chi connectivity index (χ0v) is 28.0. The highest BCUT2D eigenvalue weighted by molar-refractivity contribution is 5.92. The van der Waals surface area contributed by atoms with E-state index in [9.17, 15) is 32.3 Å². The summed E-state index contributed by atoms with van der Waals surface area (Å²) >= 11 is 0. The van der Waals surface area contributed by atoms with Gasteiger partial charge in [-0.3, -0.25) is 0 Å². The molecule has 0 aliphatic heterocycles. The highest BCUT2D eigenvalue weighted by Crippen LogP contribution is 2.39. The van der Waals surface area contributed by atoms with Crippen molar-refractivity contribution in [3.63, 3.8) is 0 Å². The molecule has 3 rings (SSSR count). The average Bonchev–Trinajstić information content (AvgIpc) is 3.05. The van der Waals surface area contributed by atoms with Gasteiger partial charge >= 0.3 is 30.1 Å². The van der Waals surface area contributed by atoms with Crippen molar-refractivity contribution in [2.45, 2.75) is 58.9 Å². The molecule has 0 aliphatic rings. The van der Waals surface area contributed by atoms with E-state index in [-0.39, 0.29) is 35.5 Å². The van der Waals surface area contributed by atoms with E-state index in [1.165, 1.54) is 55.5 Å². The summed E-state index contributed by atoms with van der Waals surface area (Å²) in [5, 5.41) is 0. The van der Waals surface area contributed by atoms with Crippen LogP contribution in [0.2, 0.25) is 0 Å². The van der Waals surface area contributed by atoms with Crippen LogP contribution in [0.4, 0.5) is 13.2 Å². The number of hydrogen-bond donors (Lipinski definition) is 0. The SMILES string of the molecule is C=C(C)C(=O)OC(C)CCOc1ccc(C(=O)Oc2ccc(OC(=O)c3ccc(OCCC(C)OC(=O)C(=C)C)cc3)c(C(F)(F)F)c2)cc1. The number of carbonyl (C=O) groups excluding carboxylic acids is 4. The number of hydrogen-bond acceptors (Lipinski definition) is 10. The summed E-state index contributed by atoms with van der Waals surface area (Å²) in [4.78, 5) is 48.5. The molecule has 10 nitrogen and oxygen atoms in total. The molecule has 3 aromatic carbocycles. The molecule has 0 bridgehead atoms. The minimum Gasteiger partial charge on any atom is -0.493 e. The van der Waals surface area contributed by atoms with Crippen LogP contribution in [0.5, 0.6) is 23.0 Å². The number of benzene rings is 3. The second-order valence-electron chi connectivity index (χ2n) is 11.3. The van der Waals surface area contributed by atoms with Crippen LogP contribution in [-0.4, -0.2) is 49.3 Å². The summed E-state index contributed by atoms with van der Waals surface area (Å²) in [6.07, 6.45) is -5.01. The van der Waals surface area contributed by atoms with Crippen LogP contribution < -0.4 is 18.9 Å². The number of carbonyl (C=O) groups is 4. The predicted octanol–water partition coefficient (Wildman–Crippen LogP) is 7.70. The van der Waals surface area contributed by atoms with Gasteiger partial charge in [0.2, 0.25) is 0 Å². The largest absolute Gasteiger partial charge is 0.493 e. The summed E-state index contributed by atoms with van der Waals surface area (Å²) in [5.74, 6) is -3.44. The van der Waals surface area contributed by atoms with Crippen molar-refractivity contribution < 1.29 is 60.8 Å². The lowest BCUT2D eigenvalue weighted by molar-refractivity contribution is -0.144. The lowest BCUT2D eigenvalue weighted by Gasteiger charge is -2.15. The average molecular weight is 699 g/mol. The third-order valence-corrected chi connectivity index (χ3v) is 6.75. The Balaban J connectivity index is 1.57. The fraction of sp³-hybridized carbons (Fsp3) is 0.297. The fourth-order valence-electron chi connectivity index (χ4n) is 3.95. The zero-order valence-electron chi connectivity index (χ0n) is 28.0. The highest BCUT2D eigenvalue weighted by atomic mass is 19.4. The van der Waals surface area contributed by atoms with Crippen molar-refractivity contribution >= 4 is 23.9 Å². The van der Waals surface area contributed by atoms with Crippen molar-refractivity contribution in [3.05, 3.63) is 108 Å². The normalized spacial score (nSPS) is 12.1. The van der Waals surface area contributed by atoms with Crippen LogP contribution in [0.3, 0.4) is 0 Å². The quantitative estimate of drug-likeness (QED) is 0.0835. The summed E-state index contributed by atoms with van der Waals surface area (Å²) in [7, 11) is 0. The van der Waals surface area contributed by atoms with Gasteiger partial charge in [0.1, 0.15) is 40.8 Å². The van der Waals surface area contributed by atoms with E-state index in [0.29, 0.717) is 30.4 Å². The number of alkyl halides is 3. The van der Waals surface area contributed by atoms with Gasteiger partial charge < -0.3 is 28.4 Å². The molecule has 0 amide bonds. The first-order valence-corrected chi connectivity index (χ1v) is 15.4. The van der Waals surface area contributed by atoms with Gasteiger partial charge in [0.25, 0.3) is 0 Å². The Morgan fingerprint density at radius 3 is 1.44 bits per heavy atom. The van der Waals surface area contributed by atoms with E-state index in [1.807, 2.05) is 0 Å². The summed E-state index contributed by atoms with van der Waals surface area (Å²) < 4.78 is 73.6. The molecule has 50 heavy (non-hydrogen) atoms. The molecule has 13 heteroatoms. The Morgan fingerprint density at radius 2 is 1.04 bits per heavy atom. The van der Waals surface area contributed by atoms with Gasteiger partial charge in [-0.25, -0.2) is 19.2 Å². The summed E-state index contributed by atoms with van der Waals surface area (Å²) in [6, 6.07) is 13.8. The molecule has 3 aromatic rings. The Morgan fingerprint density at radius 1 is 0.640 bits per heavy atom. The molecule has 0 N–H and O–H groups in total. The molecular formula is C37H37F3O10. The van der Waals surface area contributed by atoms with Crippen LogP contribution in [0.15, 0.2) is 91.0 Å². The van der Waals surface area contributed by atoms with Gasteiger partial charge in [0.15, 0.2) is 0 Å². The number of esters is 4. The van der Waals surface area contributed by atoms with E-state index < -0.39 is 59.3 Å². The van der Waals surface area contributed by atoms with Crippen molar-refractivity contribution in [1.82, 2.24) is 0 Å². The van der Waals surface area contributed by atoms with Gasteiger partial charge in [-0.15, -0.1) is 0 Å². The minimum atomic E-state index is -4.95. The van der Waals surface area contributed by atoms with E-state index in [0.717, 1.165) is 12.1 Å². The van der Waals surface area contributed by atoms with Crippen molar-refractivity contribution in [2.75, 3.05) is 13.2 Å². The van der Waals surface area contributed by atoms with E-state index >= 15 is 0 Å². The smallest absolute Gasteiger partial charge is 0.420 e. The van der Waals surface area contributed by atoms with E-state index in [1.54, 1.807) is 20.8 Å². The molecule has 0 aliphatic carbocycles. The van der Waals surface area contributed by atoms with Crippen molar-refractivity contribution in [1.29, 1.82) is 0 Å². The topological polar surface area (TPSA) is 124 Å². The van der Waals surface area contributed by atoms with E-state index in [4.69, 9.17) is 28.4 Å². The Labute approximate surface area is 287 Å². The second kappa shape index (κ2) is 17.7.